The van der Waals surface area contributed by atoms with Crippen molar-refractivity contribution >= 4 is 35.7 Å². The quantitative estimate of drug-likeness (QED) is 0.0975. The maximum Gasteiger partial charge on any atom is 0.414 e. The molecule has 0 unspecified atom stereocenters. The van der Waals surface area contributed by atoms with E-state index in [2.05, 4.69) is 47.9 Å². The Kier molecular flexibility index (Phi) is 24.6. The minimum Gasteiger partial charge on any atom is -0.496 e. The summed E-state index contributed by atoms with van der Waals surface area (Å²) in [5, 5.41) is 29.6. The minimum absolute atomic E-state index is 0.319. The summed E-state index contributed by atoms with van der Waals surface area (Å²) in [7, 11) is 3.45. The van der Waals surface area contributed by atoms with E-state index in [0.29, 0.717) is 26.2 Å². The van der Waals surface area contributed by atoms with Gasteiger partial charge in [0.2, 0.25) is 0 Å². The summed E-state index contributed by atoms with van der Waals surface area (Å²) in [4.78, 5) is 70.3. The summed E-state index contributed by atoms with van der Waals surface area (Å²) in [6.45, 7) is 12.9. The normalized spacial score (nSPS) is 12.4. The van der Waals surface area contributed by atoms with Gasteiger partial charge in [0.05, 0.1) is 14.2 Å². The lowest BCUT2D eigenvalue weighted by atomic mass is 10.1. The molecule has 0 saturated carbocycles. The number of carboxylic acid groups (broad SMARTS) is 4. The van der Waals surface area contributed by atoms with Crippen molar-refractivity contribution in [3.8, 4) is 11.5 Å². The minimum atomic E-state index is -1.82. The number of carboxylic acids is 4. The van der Waals surface area contributed by atoms with Crippen LogP contribution in [0.5, 0.6) is 11.5 Å². The number of amides is 2. The summed E-state index contributed by atoms with van der Waals surface area (Å²) < 4.78 is 11.0. The molecule has 3 rings (SSSR count). The molecule has 2 aromatic carbocycles. The predicted molar refractivity (Wildman–Crippen MR) is 209 cm³/mol. The van der Waals surface area contributed by atoms with E-state index in [1.54, 1.807) is 24.0 Å². The number of carbonyl (C=O) groups excluding carboxylic acids is 2. The van der Waals surface area contributed by atoms with Crippen LogP contribution in [-0.2, 0) is 41.9 Å². The monoisotopic (exact) mass is 788 g/mol. The number of methoxy groups -OCH3 is 2. The number of aliphatic carboxylic acids is 4. The van der Waals surface area contributed by atoms with E-state index in [9.17, 15) is 9.59 Å². The maximum absolute atomic E-state index is 12.8. The fourth-order valence-corrected chi connectivity index (χ4v) is 5.97. The molecule has 312 valence electrons. The van der Waals surface area contributed by atoms with Gasteiger partial charge in [-0.2, -0.15) is 0 Å². The third kappa shape index (κ3) is 19.4. The number of hydrogen-bond acceptors (Lipinski definition) is 10. The lowest BCUT2D eigenvalue weighted by molar-refractivity contribution is -0.159. The van der Waals surface area contributed by atoms with Crippen LogP contribution in [-0.4, -0.2) is 142 Å². The molecule has 1 aliphatic heterocycles. The first-order valence-corrected chi connectivity index (χ1v) is 19.0. The maximum atomic E-state index is 12.8. The number of carbonyl (C=O) groups is 6. The van der Waals surface area contributed by atoms with Gasteiger partial charge in [0.15, 0.2) is 0 Å². The second-order valence-corrected chi connectivity index (χ2v) is 13.0. The summed E-state index contributed by atoms with van der Waals surface area (Å²) in [5.74, 6) is -6.04. The molecule has 2 amide bonds. The van der Waals surface area contributed by atoms with Crippen LogP contribution in [0.4, 0.5) is 0 Å². The summed E-state index contributed by atoms with van der Waals surface area (Å²) in [6, 6.07) is 16.4. The van der Waals surface area contributed by atoms with Gasteiger partial charge in [-0.1, -0.05) is 75.9 Å². The first-order valence-electron chi connectivity index (χ1n) is 19.0. The van der Waals surface area contributed by atoms with Crippen LogP contribution in [0.15, 0.2) is 48.5 Å². The molecule has 0 spiro atoms. The Morgan fingerprint density at radius 2 is 0.875 bits per heavy atom. The molecule has 1 aliphatic rings. The van der Waals surface area contributed by atoms with Gasteiger partial charge in [-0.25, -0.2) is 19.2 Å². The number of ether oxygens (including phenoxy) is 2. The number of rotatable bonds is 22. The predicted octanol–water partition coefficient (Wildman–Crippen LogP) is 4.15. The van der Waals surface area contributed by atoms with E-state index < -0.39 is 23.9 Å². The fourth-order valence-electron chi connectivity index (χ4n) is 5.97. The smallest absolute Gasteiger partial charge is 0.414 e. The average molecular weight is 789 g/mol. The summed E-state index contributed by atoms with van der Waals surface area (Å²) >= 11 is 0. The van der Waals surface area contributed by atoms with Gasteiger partial charge in [-0.15, -0.1) is 0 Å². The molecule has 16 heteroatoms. The number of benzene rings is 2. The van der Waals surface area contributed by atoms with Crippen LogP contribution in [0.25, 0.3) is 0 Å². The number of nitrogens with zero attached hydrogens (tertiary/aromatic N) is 4. The molecule has 0 aliphatic carbocycles. The zero-order valence-corrected chi connectivity index (χ0v) is 33.2. The molecule has 1 fully saturated rings. The van der Waals surface area contributed by atoms with Gasteiger partial charge in [0.1, 0.15) is 11.5 Å². The van der Waals surface area contributed by atoms with Crippen molar-refractivity contribution in [1.29, 1.82) is 0 Å². The molecule has 2 aromatic rings. The van der Waals surface area contributed by atoms with E-state index in [0.717, 1.165) is 102 Å². The molecule has 4 N–H and O–H groups in total. The second-order valence-electron chi connectivity index (χ2n) is 13.0. The fraction of sp³-hybridized carbons (Fsp3) is 0.550. The van der Waals surface area contributed by atoms with Crippen LogP contribution in [0.3, 0.4) is 0 Å². The number of hydrogen-bond donors (Lipinski definition) is 4. The summed E-state index contributed by atoms with van der Waals surface area (Å²) in [5.41, 5.74) is 2.44. The van der Waals surface area contributed by atoms with Crippen molar-refractivity contribution in [2.24, 2.45) is 0 Å². The van der Waals surface area contributed by atoms with E-state index >= 15 is 0 Å². The first kappa shape index (κ1) is 48.8. The van der Waals surface area contributed by atoms with E-state index in [1.807, 2.05) is 24.3 Å². The van der Waals surface area contributed by atoms with E-state index in [-0.39, 0.29) is 11.8 Å². The lowest BCUT2D eigenvalue weighted by Crippen LogP contribution is -2.54. The van der Waals surface area contributed by atoms with Crippen LogP contribution in [0.2, 0.25) is 0 Å². The zero-order chi connectivity index (χ0) is 41.9. The van der Waals surface area contributed by atoms with Gasteiger partial charge >= 0.3 is 35.7 Å². The molecular formula is C40H60N4O12. The third-order valence-electron chi connectivity index (χ3n) is 9.14. The molecule has 0 radical (unpaired) electrons. The van der Waals surface area contributed by atoms with Crippen molar-refractivity contribution < 1.29 is 58.7 Å². The van der Waals surface area contributed by atoms with Gasteiger partial charge in [-0.05, 0) is 64.0 Å². The number of unbranched alkanes of at least 4 members (excludes halogenated alkanes) is 6. The molecule has 1 saturated heterocycles. The van der Waals surface area contributed by atoms with Gasteiger partial charge in [-0.3, -0.25) is 19.4 Å². The topological polar surface area (TPSA) is 215 Å². The zero-order valence-electron chi connectivity index (χ0n) is 33.2. The highest BCUT2D eigenvalue weighted by Crippen LogP contribution is 2.21. The Morgan fingerprint density at radius 1 is 0.554 bits per heavy atom. The molecule has 16 nitrogen and oxygen atoms in total. The largest absolute Gasteiger partial charge is 0.496 e. The molecular weight excluding hydrogens is 728 g/mol. The Labute approximate surface area is 329 Å². The van der Waals surface area contributed by atoms with Crippen LogP contribution in [0, 0.1) is 0 Å². The van der Waals surface area contributed by atoms with Crippen LogP contribution >= 0.6 is 0 Å². The van der Waals surface area contributed by atoms with Gasteiger partial charge in [0.25, 0.3) is 0 Å². The Balaban J connectivity index is 0.00000113. The number of para-hydroxylation sites is 2. The highest BCUT2D eigenvalue weighted by Gasteiger charge is 2.31. The highest BCUT2D eigenvalue weighted by molar-refractivity contribution is 6.35. The van der Waals surface area contributed by atoms with Crippen molar-refractivity contribution in [2.45, 2.75) is 78.3 Å². The van der Waals surface area contributed by atoms with Crippen LogP contribution < -0.4 is 9.47 Å². The van der Waals surface area contributed by atoms with Crippen molar-refractivity contribution in [1.82, 2.24) is 19.6 Å². The number of piperazine rings is 1. The van der Waals surface area contributed by atoms with Gasteiger partial charge < -0.3 is 39.7 Å². The van der Waals surface area contributed by atoms with Crippen molar-refractivity contribution in [2.75, 3.05) is 66.6 Å². The SMILES string of the molecule is CCN(CCCCCCN1CCN(CCCCCCN(CC)Cc2ccccc2OC)C(=O)C1=O)Cc1ccccc1OC.O=C(O)C(=O)O.O=C(O)C(=O)O. The van der Waals surface area contributed by atoms with Crippen molar-refractivity contribution in [3.63, 3.8) is 0 Å². The van der Waals surface area contributed by atoms with Gasteiger partial charge in [0, 0.05) is 50.4 Å². The highest BCUT2D eigenvalue weighted by atomic mass is 16.5. The molecule has 1 heterocycles. The molecule has 0 bridgehead atoms. The molecule has 0 aromatic heterocycles. The molecule has 0 atom stereocenters. The summed E-state index contributed by atoms with van der Waals surface area (Å²) in [6.07, 6.45) is 8.54. The third-order valence-corrected chi connectivity index (χ3v) is 9.14. The Morgan fingerprint density at radius 3 is 1.18 bits per heavy atom. The second kappa shape index (κ2) is 28.2. The Bertz CT molecular complexity index is 1390. The van der Waals surface area contributed by atoms with E-state index in [4.69, 9.17) is 49.1 Å². The van der Waals surface area contributed by atoms with E-state index in [1.165, 1.54) is 11.1 Å². The molecule has 56 heavy (non-hydrogen) atoms. The van der Waals surface area contributed by atoms with Crippen LogP contribution in [0.1, 0.15) is 76.3 Å². The first-order chi connectivity index (χ1) is 26.8. The standard InChI is InChI=1S/C36H56N4O4.2C2H2O4/c1-5-37(29-31-19-11-13-21-33(31)43-3)23-15-7-9-17-25-39-27-28-40(36(42)35(39)41)26-18-10-8-16-24-38(6-2)30-32-20-12-14-22-34(32)44-4;2*3-1(4)2(5)6/h11-14,19-22H,5-10,15-18,23-30H2,1-4H3;2*(H,3,4)(H,5,6). The average Bonchev–Trinajstić information content (AvgIpc) is 3.19. The van der Waals surface area contributed by atoms with Crippen molar-refractivity contribution in [3.05, 3.63) is 59.7 Å². The lowest BCUT2D eigenvalue weighted by Gasteiger charge is -2.33. The Hall–Kier alpha value is -5.22.